The Kier molecular flexibility index (Phi) is 5.16. The lowest BCUT2D eigenvalue weighted by molar-refractivity contribution is -0.213. The molecule has 2 aliphatic carbocycles. The molecule has 0 atom stereocenters. The molecule has 6 nitrogen and oxygen atoms in total. The van der Waals surface area contributed by atoms with Crippen LogP contribution in [0.4, 0.5) is 5.69 Å². The van der Waals surface area contributed by atoms with Crippen LogP contribution in [0.15, 0.2) is 10.5 Å². The number of rotatable bonds is 4. The molecule has 0 unspecified atom stereocenters. The first-order chi connectivity index (χ1) is 13.0. The lowest BCUT2D eigenvalue weighted by atomic mass is 9.99. The van der Waals surface area contributed by atoms with Crippen molar-refractivity contribution < 1.29 is 13.5 Å². The third-order valence-electron chi connectivity index (χ3n) is 6.32. The molecule has 148 valence electrons. The van der Waals surface area contributed by atoms with Gasteiger partial charge in [-0.25, -0.2) is 8.42 Å². The highest BCUT2D eigenvalue weighted by Gasteiger charge is 2.29. The van der Waals surface area contributed by atoms with Crippen molar-refractivity contribution in [3.63, 3.8) is 0 Å². The van der Waals surface area contributed by atoms with Crippen LogP contribution in [0.1, 0.15) is 54.9 Å². The molecule has 1 fully saturated rings. The highest BCUT2D eigenvalue weighted by Crippen LogP contribution is 2.38. The lowest BCUT2D eigenvalue weighted by Crippen LogP contribution is -2.39. The van der Waals surface area contributed by atoms with Gasteiger partial charge in [0.2, 0.25) is 0 Å². The number of fused-ring (bicyclic) bond motifs is 2. The molecular weight excluding hydrogens is 362 g/mol. The van der Waals surface area contributed by atoms with Gasteiger partial charge in [-0.2, -0.15) is 4.40 Å². The van der Waals surface area contributed by atoms with Gasteiger partial charge >= 0.3 is 0 Å². The number of sulfonamides is 1. The second-order valence-corrected chi connectivity index (χ2v) is 9.78. The number of piperidine rings is 1. The Balaban J connectivity index is 1.55. The molecule has 0 radical (unpaired) electrons. The molecule has 1 aromatic rings. The van der Waals surface area contributed by atoms with Gasteiger partial charge in [-0.15, -0.1) is 0 Å². The monoisotopic (exact) mass is 390 g/mol. The maximum atomic E-state index is 12.6. The van der Waals surface area contributed by atoms with E-state index in [4.69, 9.17) is 0 Å². The standard InChI is InChI=1S/C20H29N3O3S/c1-2-23-11-9-16(10-12-23)27(25,26)22-20(24)21-19-17-7-3-5-14(17)13-15-6-4-8-18(15)19/h13,16H,2-12H2,1H3,(H2,21,22,24)/p-1. The minimum absolute atomic E-state index is 0.543. The van der Waals surface area contributed by atoms with Crippen molar-refractivity contribution >= 4 is 21.7 Å². The molecule has 0 bridgehead atoms. The quantitative estimate of drug-likeness (QED) is 0.624. The highest BCUT2D eigenvalue weighted by molar-refractivity contribution is 7.90. The minimum Gasteiger partial charge on any atom is -0.845 e. The molecule has 1 N–H and O–H groups in total. The average Bonchev–Trinajstić information content (AvgIpc) is 3.30. The molecule has 0 spiro atoms. The molecule has 0 saturated carbocycles. The van der Waals surface area contributed by atoms with Gasteiger partial charge in [0.05, 0.1) is 11.3 Å². The fraction of sp³-hybridized carbons (Fsp3) is 0.650. The van der Waals surface area contributed by atoms with E-state index in [-0.39, 0.29) is 0 Å². The summed E-state index contributed by atoms with van der Waals surface area (Å²) in [6.07, 6.45) is 7.24. The van der Waals surface area contributed by atoms with Crippen LogP contribution < -0.4 is 10.4 Å². The Hall–Kier alpha value is -1.60. The fourth-order valence-corrected chi connectivity index (χ4v) is 6.04. The van der Waals surface area contributed by atoms with Crippen LogP contribution in [0, 0.1) is 0 Å². The number of anilines is 1. The molecule has 7 heteroatoms. The van der Waals surface area contributed by atoms with E-state index in [1.807, 2.05) is 0 Å². The molecule has 27 heavy (non-hydrogen) atoms. The highest BCUT2D eigenvalue weighted by atomic mass is 32.2. The predicted molar refractivity (Wildman–Crippen MR) is 106 cm³/mol. The predicted octanol–water partition coefficient (Wildman–Crippen LogP) is 1.61. The van der Waals surface area contributed by atoms with Gasteiger partial charge < -0.3 is 15.3 Å². The van der Waals surface area contributed by atoms with Gasteiger partial charge in [-0.3, -0.25) is 0 Å². The van der Waals surface area contributed by atoms with Gasteiger partial charge in [-0.05, 0) is 93.3 Å². The normalized spacial score (nSPS) is 21.3. The van der Waals surface area contributed by atoms with Gasteiger partial charge in [0, 0.05) is 5.69 Å². The number of nitrogens with zero attached hydrogens (tertiary/aromatic N) is 2. The van der Waals surface area contributed by atoms with E-state index in [1.165, 1.54) is 22.3 Å². The number of nitrogens with one attached hydrogen (secondary N) is 1. The van der Waals surface area contributed by atoms with Crippen LogP contribution >= 0.6 is 0 Å². The summed E-state index contributed by atoms with van der Waals surface area (Å²) >= 11 is 0. The van der Waals surface area contributed by atoms with Crippen LogP contribution in [0.3, 0.4) is 0 Å². The summed E-state index contributed by atoms with van der Waals surface area (Å²) in [5.74, 6) is 0. The summed E-state index contributed by atoms with van der Waals surface area (Å²) in [4.78, 5) is 2.22. The van der Waals surface area contributed by atoms with Crippen molar-refractivity contribution in [3.05, 3.63) is 28.3 Å². The van der Waals surface area contributed by atoms with Crippen molar-refractivity contribution in [1.82, 2.24) is 4.90 Å². The SMILES string of the molecule is CCN1CCC(S(=O)(=O)/N=C(\[O-])Nc2c3c(cc4c2CCC4)CCC3)CC1. The second kappa shape index (κ2) is 7.43. The lowest BCUT2D eigenvalue weighted by Gasteiger charge is -2.30. The third-order valence-corrected chi connectivity index (χ3v) is 8.05. The zero-order chi connectivity index (χ0) is 19.0. The van der Waals surface area contributed by atoms with Crippen LogP contribution in [-0.2, 0) is 35.7 Å². The van der Waals surface area contributed by atoms with E-state index in [1.54, 1.807) is 0 Å². The van der Waals surface area contributed by atoms with Crippen molar-refractivity contribution in [3.8, 4) is 0 Å². The zero-order valence-corrected chi connectivity index (χ0v) is 16.8. The van der Waals surface area contributed by atoms with E-state index < -0.39 is 21.3 Å². The Morgan fingerprint density at radius 2 is 1.74 bits per heavy atom. The smallest absolute Gasteiger partial charge is 0.256 e. The van der Waals surface area contributed by atoms with Crippen molar-refractivity contribution in [2.24, 2.45) is 4.40 Å². The number of likely N-dealkylation sites (tertiary alicyclic amines) is 1. The largest absolute Gasteiger partial charge is 0.845 e. The number of benzene rings is 1. The Labute approximate surface area is 161 Å². The molecule has 0 amide bonds. The number of hydrogen-bond donors (Lipinski definition) is 1. The van der Waals surface area contributed by atoms with Gasteiger partial charge in [0.15, 0.2) is 0 Å². The maximum Gasteiger partial charge on any atom is 0.256 e. The van der Waals surface area contributed by atoms with Gasteiger partial charge in [0.1, 0.15) is 0 Å². The summed E-state index contributed by atoms with van der Waals surface area (Å²) in [5, 5.41) is 14.8. The van der Waals surface area contributed by atoms with Crippen LogP contribution in [0.25, 0.3) is 0 Å². The van der Waals surface area contributed by atoms with Crippen LogP contribution in [0.2, 0.25) is 0 Å². The molecule has 1 aromatic carbocycles. The molecular formula is C20H28N3O3S-. The van der Waals surface area contributed by atoms with Crippen molar-refractivity contribution in [2.45, 2.75) is 63.5 Å². The van der Waals surface area contributed by atoms with Crippen LogP contribution in [0.5, 0.6) is 0 Å². The molecule has 3 aliphatic rings. The minimum atomic E-state index is -3.78. The first-order valence-corrected chi connectivity index (χ1v) is 11.6. The van der Waals surface area contributed by atoms with Crippen molar-refractivity contribution in [1.29, 1.82) is 0 Å². The van der Waals surface area contributed by atoms with Crippen molar-refractivity contribution in [2.75, 3.05) is 25.0 Å². The van der Waals surface area contributed by atoms with E-state index >= 15 is 0 Å². The summed E-state index contributed by atoms with van der Waals surface area (Å²) in [6, 6.07) is 1.55. The molecule has 0 aromatic heterocycles. The summed E-state index contributed by atoms with van der Waals surface area (Å²) < 4.78 is 28.8. The van der Waals surface area contributed by atoms with E-state index in [9.17, 15) is 13.5 Å². The summed E-state index contributed by atoms with van der Waals surface area (Å²) in [6.45, 7) is 4.49. The van der Waals surface area contributed by atoms with Gasteiger partial charge in [-0.1, -0.05) is 13.0 Å². The Bertz CT molecular complexity index is 823. The molecule has 1 saturated heterocycles. The maximum absolute atomic E-state index is 12.6. The third kappa shape index (κ3) is 3.72. The topological polar surface area (TPSA) is 84.8 Å². The second-order valence-electron chi connectivity index (χ2n) is 7.90. The number of aryl methyl sites for hydroxylation is 2. The van der Waals surface area contributed by atoms with Gasteiger partial charge in [0.25, 0.3) is 10.0 Å². The average molecular weight is 391 g/mol. The fourth-order valence-electron chi connectivity index (χ4n) is 4.81. The molecule has 1 aliphatic heterocycles. The summed E-state index contributed by atoms with van der Waals surface area (Å²) in [5.41, 5.74) is 5.84. The van der Waals surface area contributed by atoms with E-state index in [2.05, 4.69) is 27.6 Å². The molecule has 4 rings (SSSR count). The Morgan fingerprint density at radius 3 is 2.30 bits per heavy atom. The summed E-state index contributed by atoms with van der Waals surface area (Å²) in [7, 11) is -3.78. The molecule has 1 heterocycles. The Morgan fingerprint density at radius 1 is 1.15 bits per heavy atom. The zero-order valence-electron chi connectivity index (χ0n) is 16.0. The van der Waals surface area contributed by atoms with E-state index in [0.717, 1.165) is 63.8 Å². The first kappa shape index (κ1) is 18.7. The number of amidine groups is 1. The van der Waals surface area contributed by atoms with E-state index in [0.29, 0.717) is 12.8 Å². The first-order valence-electron chi connectivity index (χ1n) is 10.1. The van der Waals surface area contributed by atoms with Crippen LogP contribution in [-0.4, -0.2) is 44.2 Å². The number of hydrogen-bond acceptors (Lipinski definition) is 4.